The molecule has 0 radical (unpaired) electrons. The van der Waals surface area contributed by atoms with Gasteiger partial charge in [-0.25, -0.2) is 0 Å². The van der Waals surface area contributed by atoms with Crippen LogP contribution in [0.15, 0.2) is 0 Å². The average Bonchev–Trinajstić information content (AvgIpc) is 1.78. The van der Waals surface area contributed by atoms with E-state index < -0.39 is 10.2 Å². The van der Waals surface area contributed by atoms with Gasteiger partial charge in [-0.3, -0.25) is 4.70 Å². The van der Waals surface area contributed by atoms with Crippen molar-refractivity contribution >= 4 is 10.2 Å². The van der Waals surface area contributed by atoms with Gasteiger partial charge in [-0.1, -0.05) is 26.2 Å². The predicted octanol–water partition coefficient (Wildman–Crippen LogP) is 2.02. The van der Waals surface area contributed by atoms with Gasteiger partial charge in [-0.15, -0.1) is 3.89 Å². The van der Waals surface area contributed by atoms with Gasteiger partial charge in [0.25, 0.3) is 0 Å². The van der Waals surface area contributed by atoms with E-state index in [1.807, 2.05) is 6.92 Å². The van der Waals surface area contributed by atoms with Crippen molar-refractivity contribution in [3.8, 4) is 0 Å². The molecule has 2 nitrogen and oxygen atoms in total. The molecule has 0 aliphatic heterocycles. The molecule has 5 heteroatoms. The molecule has 0 aromatic heterocycles. The van der Waals surface area contributed by atoms with Gasteiger partial charge in [0.2, 0.25) is 0 Å². The Bertz CT molecular complexity index is 165. The van der Waals surface area contributed by atoms with Crippen molar-refractivity contribution in [3.05, 3.63) is 0 Å². The fraction of sp³-hybridized carbons (Fsp3) is 1.00. The molecule has 0 aromatic rings. The molecule has 0 amide bonds. The summed E-state index contributed by atoms with van der Waals surface area (Å²) in [7, 11) is -4.20. The van der Waals surface area contributed by atoms with E-state index in [1.54, 1.807) is 0 Å². The number of hydrogen-bond donors (Lipinski definition) is 0. The molecule has 0 atom stereocenters. The Morgan fingerprint density at radius 2 is 1.73 bits per heavy atom. The zero-order chi connectivity index (χ0) is 8.04. The van der Waals surface area contributed by atoms with Crippen LogP contribution in [0.5, 0.6) is 0 Å². The highest BCUT2D eigenvalue weighted by Crippen LogP contribution is 2.02. The van der Waals surface area contributed by atoms with Gasteiger partial charge in [0, 0.05) is 0 Å². The Balaban J connectivity index is 0. The van der Waals surface area contributed by atoms with Gasteiger partial charge >= 0.3 is 10.2 Å². The zero-order valence-corrected chi connectivity index (χ0v) is 7.36. The summed E-state index contributed by atoms with van der Waals surface area (Å²) in [5, 5.41) is 0. The minimum absolute atomic E-state index is 0. The second kappa shape index (κ2) is 6.52. The lowest BCUT2D eigenvalue weighted by atomic mass is 10.2. The highest BCUT2D eigenvalue weighted by molar-refractivity contribution is 7.86. The van der Waals surface area contributed by atoms with Crippen LogP contribution in [-0.4, -0.2) is 14.2 Å². The first kappa shape index (κ1) is 13.4. The first-order valence-corrected chi connectivity index (χ1v) is 5.04. The third-order valence-corrected chi connectivity index (χ3v) is 2.02. The van der Waals surface area contributed by atoms with Crippen molar-refractivity contribution in [2.45, 2.75) is 32.6 Å². The Hall–Kier alpha value is -0.190. The minimum Gasteiger partial charge on any atom is -0.269 e. The minimum atomic E-state index is -4.20. The van der Waals surface area contributed by atoms with Crippen molar-refractivity contribution in [2.24, 2.45) is 0 Å². The molecular formula is C6H14F2O2S. The summed E-state index contributed by atoms with van der Waals surface area (Å²) >= 11 is 0. The van der Waals surface area contributed by atoms with Gasteiger partial charge in [0.1, 0.15) is 0 Å². The highest BCUT2D eigenvalue weighted by Gasteiger charge is 2.04. The fourth-order valence-corrected chi connectivity index (χ4v) is 1.25. The maximum Gasteiger partial charge on any atom is 0.302 e. The van der Waals surface area contributed by atoms with E-state index in [1.165, 1.54) is 0 Å². The molecule has 0 fully saturated rings. The smallest absolute Gasteiger partial charge is 0.269 e. The zero-order valence-electron chi connectivity index (χ0n) is 6.55. The molecule has 0 bridgehead atoms. The van der Waals surface area contributed by atoms with E-state index in [9.17, 15) is 12.3 Å². The normalized spacial score (nSPS) is 10.7. The molecule has 0 spiro atoms. The lowest BCUT2D eigenvalue weighted by molar-refractivity contribution is 0.546. The Morgan fingerprint density at radius 1 is 1.18 bits per heavy atom. The molecule has 0 aliphatic carbocycles. The molecule has 0 saturated heterocycles. The number of rotatable bonds is 5. The van der Waals surface area contributed by atoms with Crippen LogP contribution in [0.25, 0.3) is 0 Å². The lowest BCUT2D eigenvalue weighted by Crippen LogP contribution is -1.97. The third-order valence-electron chi connectivity index (χ3n) is 1.24. The predicted molar refractivity (Wildman–Crippen MR) is 41.5 cm³/mol. The van der Waals surface area contributed by atoms with Gasteiger partial charge in [0.05, 0.1) is 5.75 Å². The van der Waals surface area contributed by atoms with E-state index in [4.69, 9.17) is 0 Å². The largest absolute Gasteiger partial charge is 0.302 e. The van der Waals surface area contributed by atoms with Crippen LogP contribution in [-0.2, 0) is 10.2 Å². The molecule has 0 heterocycles. The van der Waals surface area contributed by atoms with E-state index in [0.29, 0.717) is 6.42 Å². The first-order valence-electron chi connectivity index (χ1n) is 3.48. The fourth-order valence-electron chi connectivity index (χ4n) is 0.701. The second-order valence-corrected chi connectivity index (χ2v) is 3.79. The monoisotopic (exact) mass is 188 g/mol. The molecule has 0 rings (SSSR count). The van der Waals surface area contributed by atoms with Crippen LogP contribution in [0.4, 0.5) is 8.59 Å². The summed E-state index contributed by atoms with van der Waals surface area (Å²) in [5.41, 5.74) is 0. The number of hydrogen-bond acceptors (Lipinski definition) is 2. The van der Waals surface area contributed by atoms with Crippen LogP contribution >= 0.6 is 0 Å². The van der Waals surface area contributed by atoms with E-state index >= 15 is 0 Å². The molecule has 11 heavy (non-hydrogen) atoms. The lowest BCUT2D eigenvalue weighted by Gasteiger charge is -1.93. The van der Waals surface area contributed by atoms with Crippen molar-refractivity contribution in [3.63, 3.8) is 0 Å². The molecular weight excluding hydrogens is 174 g/mol. The van der Waals surface area contributed by atoms with Crippen molar-refractivity contribution in [2.75, 3.05) is 5.75 Å². The summed E-state index contributed by atoms with van der Waals surface area (Å²) in [5.74, 6) is -0.312. The van der Waals surface area contributed by atoms with Gasteiger partial charge < -0.3 is 0 Å². The highest BCUT2D eigenvalue weighted by atomic mass is 32.3. The maximum atomic E-state index is 11.8. The van der Waals surface area contributed by atoms with E-state index in [-0.39, 0.29) is 10.5 Å². The Morgan fingerprint density at radius 3 is 2.09 bits per heavy atom. The van der Waals surface area contributed by atoms with Crippen LogP contribution in [0.1, 0.15) is 32.6 Å². The quantitative estimate of drug-likeness (QED) is 0.488. The summed E-state index contributed by atoms with van der Waals surface area (Å²) in [4.78, 5) is 0. The van der Waals surface area contributed by atoms with E-state index in [2.05, 4.69) is 0 Å². The molecule has 0 N–H and O–H groups in total. The SMILES string of the molecule is CCCCCCS(=O)(=O)F.F. The van der Waals surface area contributed by atoms with Crippen molar-refractivity contribution in [1.29, 1.82) is 0 Å². The summed E-state index contributed by atoms with van der Waals surface area (Å²) < 4.78 is 31.6. The Labute approximate surface area is 66.4 Å². The van der Waals surface area contributed by atoms with Crippen LogP contribution < -0.4 is 0 Å². The second-order valence-electron chi connectivity index (χ2n) is 2.30. The van der Waals surface area contributed by atoms with Crippen LogP contribution in [0.2, 0.25) is 0 Å². The Kier molecular flexibility index (Phi) is 7.94. The summed E-state index contributed by atoms with van der Waals surface area (Å²) in [6.07, 6.45) is 3.27. The van der Waals surface area contributed by atoms with Crippen molar-refractivity contribution in [1.82, 2.24) is 0 Å². The summed E-state index contributed by atoms with van der Waals surface area (Å²) in [6.45, 7) is 2.02. The molecule has 0 saturated carbocycles. The average molecular weight is 188 g/mol. The third kappa shape index (κ3) is 12.9. The van der Waals surface area contributed by atoms with E-state index in [0.717, 1.165) is 19.3 Å². The molecule has 0 aliphatic rings. The summed E-state index contributed by atoms with van der Waals surface area (Å²) in [6, 6.07) is 0. The molecule has 0 aromatic carbocycles. The van der Waals surface area contributed by atoms with Gasteiger partial charge in [-0.05, 0) is 6.42 Å². The topological polar surface area (TPSA) is 34.1 Å². The van der Waals surface area contributed by atoms with Crippen LogP contribution in [0, 0.1) is 0 Å². The number of halogens is 2. The standard InChI is InChI=1S/C6H13FO2S.FH/c1-2-3-4-5-6-10(7,8)9;/h2-6H2,1H3;1H. The maximum absolute atomic E-state index is 11.8. The molecule has 70 valence electrons. The number of unbranched alkanes of at least 4 members (excludes halogenated alkanes) is 3. The van der Waals surface area contributed by atoms with Crippen LogP contribution in [0.3, 0.4) is 0 Å². The molecule has 0 unspecified atom stereocenters. The first-order chi connectivity index (χ1) is 4.56. The van der Waals surface area contributed by atoms with Crippen molar-refractivity contribution < 1.29 is 17.0 Å². The van der Waals surface area contributed by atoms with Gasteiger partial charge in [0.15, 0.2) is 0 Å². The van der Waals surface area contributed by atoms with Gasteiger partial charge in [-0.2, -0.15) is 8.42 Å².